The zero-order chi connectivity index (χ0) is 24.9. The third kappa shape index (κ3) is 4.37. The van der Waals surface area contributed by atoms with Crippen LogP contribution in [0.4, 0.5) is 26.3 Å². The molecule has 12 heteroatoms. The number of carbonyl (C=O) groups excluding carboxylic acids is 1. The van der Waals surface area contributed by atoms with E-state index in [-0.39, 0.29) is 34.8 Å². The summed E-state index contributed by atoms with van der Waals surface area (Å²) in [6.45, 7) is -0.582. The number of sulfone groups is 1. The zero-order valence-electron chi connectivity index (χ0n) is 17.0. The second kappa shape index (κ2) is 8.12. The van der Waals surface area contributed by atoms with E-state index >= 15 is 0 Å². The van der Waals surface area contributed by atoms with Crippen molar-refractivity contribution in [2.24, 2.45) is 0 Å². The van der Waals surface area contributed by atoms with Gasteiger partial charge in [-0.05, 0) is 42.0 Å². The maximum absolute atomic E-state index is 13.2. The van der Waals surface area contributed by atoms with Crippen LogP contribution >= 0.6 is 0 Å². The van der Waals surface area contributed by atoms with E-state index in [1.807, 2.05) is 0 Å². The molecule has 0 N–H and O–H groups in total. The molecule has 5 nitrogen and oxygen atoms in total. The molecule has 34 heavy (non-hydrogen) atoms. The molecule has 0 saturated heterocycles. The van der Waals surface area contributed by atoms with Crippen LogP contribution in [0.1, 0.15) is 32.9 Å². The fourth-order valence-corrected chi connectivity index (χ4v) is 5.12. The lowest BCUT2D eigenvalue weighted by molar-refractivity contribution is -0.141. The van der Waals surface area contributed by atoms with Gasteiger partial charge in [-0.3, -0.25) is 4.79 Å². The van der Waals surface area contributed by atoms with E-state index in [1.54, 1.807) is 0 Å². The maximum atomic E-state index is 13.2. The molecule has 1 amide bonds. The Balaban J connectivity index is 1.67. The number of alkyl halides is 6. The van der Waals surface area contributed by atoms with Crippen molar-refractivity contribution in [3.63, 3.8) is 0 Å². The monoisotopic (exact) mass is 500 g/mol. The van der Waals surface area contributed by atoms with Gasteiger partial charge in [0.25, 0.3) is 5.91 Å². The van der Waals surface area contributed by atoms with Gasteiger partial charge in [0.05, 0.1) is 33.2 Å². The number of amides is 1. The zero-order valence-corrected chi connectivity index (χ0v) is 17.8. The van der Waals surface area contributed by atoms with Crippen molar-refractivity contribution < 1.29 is 39.6 Å². The Morgan fingerprint density at radius 3 is 2.26 bits per heavy atom. The molecular weight excluding hydrogens is 486 g/mol. The quantitative estimate of drug-likeness (QED) is 0.467. The van der Waals surface area contributed by atoms with Crippen LogP contribution in [0.25, 0.3) is 0 Å². The number of pyridine rings is 1. The molecule has 1 aromatic heterocycles. The number of nitrogens with zero attached hydrogens (tertiary/aromatic N) is 2. The van der Waals surface area contributed by atoms with Crippen LogP contribution in [0.15, 0.2) is 70.5 Å². The van der Waals surface area contributed by atoms with Crippen molar-refractivity contribution in [3.8, 4) is 0 Å². The second-order valence-electron chi connectivity index (χ2n) is 7.49. The van der Waals surface area contributed by atoms with E-state index in [0.717, 1.165) is 29.2 Å². The van der Waals surface area contributed by atoms with E-state index in [9.17, 15) is 39.6 Å². The number of hydrogen-bond donors (Lipinski definition) is 0. The van der Waals surface area contributed by atoms with Gasteiger partial charge in [0.15, 0.2) is 0 Å². The lowest BCUT2D eigenvalue weighted by Crippen LogP contribution is -2.24. The van der Waals surface area contributed by atoms with Crippen molar-refractivity contribution >= 4 is 15.7 Å². The van der Waals surface area contributed by atoms with Crippen molar-refractivity contribution in [3.05, 3.63) is 88.7 Å². The molecule has 0 radical (unpaired) electrons. The standard InChI is InChI=1S/C22H14F6N2O3S/c23-21(24,25)14-5-3-6-15(10-14)34(32,33)18-7-2-1-4-13(18)11-30-12-17-16(20(30)31)8-9-19(29-17)22(26,27)28/h1-10H,11-12H2. The summed E-state index contributed by atoms with van der Waals surface area (Å²) in [4.78, 5) is 16.4. The predicted octanol–water partition coefficient (Wildman–Crippen LogP) is 5.11. The SMILES string of the molecule is O=C1c2ccc(C(F)(F)F)nc2CN1Cc1ccccc1S(=O)(=O)c1cccc(C(F)(F)F)c1. The number of benzene rings is 2. The average Bonchev–Trinajstić information content (AvgIpc) is 3.07. The van der Waals surface area contributed by atoms with Crippen molar-refractivity contribution in [2.45, 2.75) is 35.2 Å². The molecule has 2 heterocycles. The number of hydrogen-bond acceptors (Lipinski definition) is 4. The lowest BCUT2D eigenvalue weighted by Gasteiger charge is -2.18. The molecule has 0 fully saturated rings. The van der Waals surface area contributed by atoms with Crippen molar-refractivity contribution in [1.29, 1.82) is 0 Å². The summed E-state index contributed by atoms with van der Waals surface area (Å²) in [6, 6.07) is 10.4. The summed E-state index contributed by atoms with van der Waals surface area (Å²) in [5.74, 6) is -0.637. The molecule has 0 spiro atoms. The Morgan fingerprint density at radius 1 is 0.882 bits per heavy atom. The van der Waals surface area contributed by atoms with Crippen LogP contribution in [-0.2, 0) is 35.3 Å². The highest BCUT2D eigenvalue weighted by Gasteiger charge is 2.37. The third-order valence-electron chi connectivity index (χ3n) is 5.22. The molecule has 0 unspecified atom stereocenters. The van der Waals surface area contributed by atoms with E-state index in [0.29, 0.717) is 12.1 Å². The van der Waals surface area contributed by atoms with Crippen LogP contribution < -0.4 is 0 Å². The van der Waals surface area contributed by atoms with Crippen LogP contribution in [0, 0.1) is 0 Å². The molecule has 4 rings (SSSR count). The Kier molecular flexibility index (Phi) is 5.67. The van der Waals surface area contributed by atoms with E-state index in [2.05, 4.69) is 4.98 Å². The molecule has 0 aliphatic carbocycles. The largest absolute Gasteiger partial charge is 0.433 e. The van der Waals surface area contributed by atoms with Gasteiger partial charge < -0.3 is 4.90 Å². The molecule has 1 aliphatic rings. The van der Waals surface area contributed by atoms with E-state index < -0.39 is 44.2 Å². The van der Waals surface area contributed by atoms with Crippen LogP contribution in [0.2, 0.25) is 0 Å². The first-order valence-electron chi connectivity index (χ1n) is 9.65. The Bertz CT molecular complexity index is 1380. The molecule has 3 aromatic rings. The summed E-state index contributed by atoms with van der Waals surface area (Å²) < 4.78 is 104. The number of carbonyl (C=O) groups is 1. The topological polar surface area (TPSA) is 67.3 Å². The maximum Gasteiger partial charge on any atom is 0.433 e. The minimum absolute atomic E-state index is 0.0359. The highest BCUT2D eigenvalue weighted by atomic mass is 32.2. The predicted molar refractivity (Wildman–Crippen MR) is 106 cm³/mol. The third-order valence-corrected chi connectivity index (χ3v) is 7.07. The number of aromatic nitrogens is 1. The van der Waals surface area contributed by atoms with Gasteiger partial charge in [0.2, 0.25) is 9.84 Å². The van der Waals surface area contributed by atoms with Crippen LogP contribution in [-0.4, -0.2) is 24.2 Å². The second-order valence-corrected chi connectivity index (χ2v) is 9.40. The van der Waals surface area contributed by atoms with Crippen LogP contribution in [0.3, 0.4) is 0 Å². The summed E-state index contributed by atoms with van der Waals surface area (Å²) in [6.07, 6.45) is -9.45. The smallest absolute Gasteiger partial charge is 0.328 e. The van der Waals surface area contributed by atoms with Gasteiger partial charge in [-0.25, -0.2) is 13.4 Å². The first-order chi connectivity index (χ1) is 15.8. The Morgan fingerprint density at radius 2 is 1.59 bits per heavy atom. The van der Waals surface area contributed by atoms with Crippen molar-refractivity contribution in [2.75, 3.05) is 0 Å². The highest BCUT2D eigenvalue weighted by molar-refractivity contribution is 7.91. The number of rotatable bonds is 4. The molecular formula is C22H14F6N2O3S. The first kappa shape index (κ1) is 23.7. The molecule has 0 bridgehead atoms. The van der Waals surface area contributed by atoms with Crippen LogP contribution in [0.5, 0.6) is 0 Å². The molecule has 0 saturated carbocycles. The summed E-state index contributed by atoms with van der Waals surface area (Å²) in [5, 5.41) is 0. The first-order valence-corrected chi connectivity index (χ1v) is 11.1. The van der Waals surface area contributed by atoms with Gasteiger partial charge in [-0.2, -0.15) is 26.3 Å². The summed E-state index contributed by atoms with van der Waals surface area (Å²) in [5.41, 5.74) is -2.34. The fourth-order valence-electron chi connectivity index (χ4n) is 3.59. The molecule has 178 valence electrons. The fraction of sp³-hybridized carbons (Fsp3) is 0.182. The van der Waals surface area contributed by atoms with Gasteiger partial charge in [0, 0.05) is 6.54 Å². The Labute approximate surface area is 189 Å². The van der Waals surface area contributed by atoms with Crippen molar-refractivity contribution in [1.82, 2.24) is 9.88 Å². The van der Waals surface area contributed by atoms with Gasteiger partial charge in [0.1, 0.15) is 5.69 Å². The van der Waals surface area contributed by atoms with Gasteiger partial charge >= 0.3 is 12.4 Å². The van der Waals surface area contributed by atoms with E-state index in [4.69, 9.17) is 0 Å². The minimum atomic E-state index is -4.75. The minimum Gasteiger partial charge on any atom is -0.328 e. The Hall–Kier alpha value is -3.41. The summed E-state index contributed by atoms with van der Waals surface area (Å²) in [7, 11) is -4.41. The summed E-state index contributed by atoms with van der Waals surface area (Å²) >= 11 is 0. The normalized spacial score (nSPS) is 14.4. The van der Waals surface area contributed by atoms with E-state index in [1.165, 1.54) is 24.3 Å². The molecule has 0 atom stereocenters. The number of fused-ring (bicyclic) bond motifs is 1. The highest BCUT2D eigenvalue weighted by Crippen LogP contribution is 2.34. The molecule has 2 aromatic carbocycles. The van der Waals surface area contributed by atoms with Gasteiger partial charge in [-0.15, -0.1) is 0 Å². The lowest BCUT2D eigenvalue weighted by atomic mass is 10.2. The number of halogens is 6. The average molecular weight is 500 g/mol. The molecule has 1 aliphatic heterocycles. The van der Waals surface area contributed by atoms with Gasteiger partial charge in [-0.1, -0.05) is 24.3 Å².